The van der Waals surface area contributed by atoms with E-state index in [1.165, 1.54) is 6.07 Å². The summed E-state index contributed by atoms with van der Waals surface area (Å²) < 4.78 is 33.0. The normalized spacial score (nSPS) is 12.9. The Morgan fingerprint density at radius 2 is 1.75 bits per heavy atom. The lowest BCUT2D eigenvalue weighted by Gasteiger charge is -2.22. The lowest BCUT2D eigenvalue weighted by atomic mass is 9.98. The Labute approximate surface area is 117 Å². The van der Waals surface area contributed by atoms with Gasteiger partial charge in [-0.05, 0) is 51.0 Å². The van der Waals surface area contributed by atoms with Crippen LogP contribution in [0.1, 0.15) is 42.3 Å². The van der Waals surface area contributed by atoms with E-state index in [1.807, 2.05) is 26.8 Å². The average molecular weight is 279 g/mol. The number of nitrogens with one attached hydrogen (secondary N) is 1. The number of furan rings is 1. The maximum absolute atomic E-state index is 14.1. The van der Waals surface area contributed by atoms with E-state index in [0.717, 1.165) is 11.6 Å². The summed E-state index contributed by atoms with van der Waals surface area (Å²) in [6.45, 7) is 7.47. The van der Waals surface area contributed by atoms with Crippen molar-refractivity contribution in [3.8, 4) is 0 Å². The third-order valence-corrected chi connectivity index (χ3v) is 3.25. The predicted octanol–water partition coefficient (Wildman–Crippen LogP) is 4.26. The fourth-order valence-corrected chi connectivity index (χ4v) is 2.22. The van der Waals surface area contributed by atoms with E-state index in [0.29, 0.717) is 16.9 Å². The van der Waals surface area contributed by atoms with Crippen LogP contribution in [0.25, 0.3) is 0 Å². The maximum atomic E-state index is 14.1. The second-order valence-electron chi connectivity index (χ2n) is 5.35. The fourth-order valence-electron chi connectivity index (χ4n) is 2.22. The topological polar surface area (TPSA) is 25.2 Å². The molecular weight excluding hydrogens is 260 g/mol. The second kappa shape index (κ2) is 5.75. The average Bonchev–Trinajstić information content (AvgIpc) is 2.77. The molecule has 1 unspecified atom stereocenters. The van der Waals surface area contributed by atoms with Gasteiger partial charge in [0.2, 0.25) is 0 Å². The van der Waals surface area contributed by atoms with E-state index < -0.39 is 17.7 Å². The van der Waals surface area contributed by atoms with Gasteiger partial charge in [0.15, 0.2) is 0 Å². The Bertz CT molecular complexity index is 605. The van der Waals surface area contributed by atoms with E-state index >= 15 is 0 Å². The van der Waals surface area contributed by atoms with Gasteiger partial charge in [-0.15, -0.1) is 0 Å². The SMILES string of the molecule is Cc1cc(C(NC(C)C)c2occc2C)c(F)cc1F. The molecule has 0 saturated carbocycles. The Morgan fingerprint density at radius 1 is 1.05 bits per heavy atom. The standard InChI is InChI=1S/C16H19F2NO/c1-9(2)19-15(16-10(3)5-6-20-16)12-7-11(4)13(17)8-14(12)18/h5-9,15,19H,1-4H3. The largest absolute Gasteiger partial charge is 0.467 e. The summed E-state index contributed by atoms with van der Waals surface area (Å²) in [6.07, 6.45) is 1.58. The van der Waals surface area contributed by atoms with Gasteiger partial charge in [0.1, 0.15) is 17.4 Å². The molecule has 2 nitrogen and oxygen atoms in total. The van der Waals surface area contributed by atoms with Crippen LogP contribution < -0.4 is 5.32 Å². The zero-order valence-electron chi connectivity index (χ0n) is 12.1. The van der Waals surface area contributed by atoms with E-state index in [9.17, 15) is 8.78 Å². The molecule has 1 aromatic heterocycles. The third-order valence-electron chi connectivity index (χ3n) is 3.25. The van der Waals surface area contributed by atoms with Gasteiger partial charge in [-0.3, -0.25) is 0 Å². The molecule has 0 saturated heterocycles. The van der Waals surface area contributed by atoms with Gasteiger partial charge in [0.05, 0.1) is 12.3 Å². The minimum Gasteiger partial charge on any atom is -0.467 e. The maximum Gasteiger partial charge on any atom is 0.131 e. The molecule has 20 heavy (non-hydrogen) atoms. The van der Waals surface area contributed by atoms with Crippen LogP contribution in [0.4, 0.5) is 8.78 Å². The molecule has 1 N–H and O–H groups in total. The second-order valence-corrected chi connectivity index (χ2v) is 5.35. The first kappa shape index (κ1) is 14.7. The number of aryl methyl sites for hydroxylation is 2. The Balaban J connectivity index is 2.52. The summed E-state index contributed by atoms with van der Waals surface area (Å²) in [6, 6.07) is 4.00. The summed E-state index contributed by atoms with van der Waals surface area (Å²) in [4.78, 5) is 0. The van der Waals surface area contributed by atoms with Crippen molar-refractivity contribution < 1.29 is 13.2 Å². The van der Waals surface area contributed by atoms with Crippen molar-refractivity contribution in [2.24, 2.45) is 0 Å². The van der Waals surface area contributed by atoms with Crippen LogP contribution >= 0.6 is 0 Å². The molecule has 0 aliphatic rings. The first-order chi connectivity index (χ1) is 9.40. The molecule has 2 rings (SSSR count). The zero-order chi connectivity index (χ0) is 14.9. The summed E-state index contributed by atoms with van der Waals surface area (Å²) in [5.41, 5.74) is 1.75. The molecule has 0 aliphatic carbocycles. The Morgan fingerprint density at radius 3 is 2.30 bits per heavy atom. The number of halogens is 2. The minimum atomic E-state index is -0.568. The summed E-state index contributed by atoms with van der Waals surface area (Å²) in [5.74, 6) is -0.448. The van der Waals surface area contributed by atoms with Gasteiger partial charge in [-0.1, -0.05) is 0 Å². The van der Waals surface area contributed by atoms with E-state index in [4.69, 9.17) is 4.42 Å². The van der Waals surface area contributed by atoms with E-state index in [1.54, 1.807) is 13.2 Å². The quantitative estimate of drug-likeness (QED) is 0.904. The van der Waals surface area contributed by atoms with Crippen molar-refractivity contribution in [1.82, 2.24) is 5.32 Å². The Hall–Kier alpha value is -1.68. The highest BCUT2D eigenvalue weighted by molar-refractivity contribution is 5.35. The zero-order valence-corrected chi connectivity index (χ0v) is 12.1. The van der Waals surface area contributed by atoms with Crippen LogP contribution in [0.15, 0.2) is 28.9 Å². The molecule has 1 heterocycles. The number of benzene rings is 1. The van der Waals surface area contributed by atoms with Crippen LogP contribution in [0.5, 0.6) is 0 Å². The van der Waals surface area contributed by atoms with Crippen molar-refractivity contribution >= 4 is 0 Å². The molecule has 1 atom stereocenters. The van der Waals surface area contributed by atoms with Crippen LogP contribution in [0.3, 0.4) is 0 Å². The number of hydrogen-bond acceptors (Lipinski definition) is 2. The first-order valence-corrected chi connectivity index (χ1v) is 6.65. The highest BCUT2D eigenvalue weighted by Crippen LogP contribution is 2.29. The highest BCUT2D eigenvalue weighted by Gasteiger charge is 2.24. The molecule has 4 heteroatoms. The number of hydrogen-bond donors (Lipinski definition) is 1. The molecule has 1 aromatic carbocycles. The summed E-state index contributed by atoms with van der Waals surface area (Å²) >= 11 is 0. The molecule has 0 fully saturated rings. The van der Waals surface area contributed by atoms with E-state index in [2.05, 4.69) is 5.32 Å². The molecule has 0 bridgehead atoms. The fraction of sp³-hybridized carbons (Fsp3) is 0.375. The van der Waals surface area contributed by atoms with Crippen LogP contribution in [0.2, 0.25) is 0 Å². The van der Waals surface area contributed by atoms with Crippen molar-refractivity contribution in [2.75, 3.05) is 0 Å². The molecule has 2 aromatic rings. The molecule has 0 aliphatic heterocycles. The van der Waals surface area contributed by atoms with Crippen molar-refractivity contribution in [2.45, 2.75) is 39.8 Å². The molecular formula is C16H19F2NO. The van der Waals surface area contributed by atoms with Gasteiger partial charge in [-0.25, -0.2) is 8.78 Å². The lowest BCUT2D eigenvalue weighted by Crippen LogP contribution is -2.30. The smallest absolute Gasteiger partial charge is 0.131 e. The third kappa shape index (κ3) is 2.90. The molecule has 0 spiro atoms. The van der Waals surface area contributed by atoms with Gasteiger partial charge in [0.25, 0.3) is 0 Å². The van der Waals surface area contributed by atoms with Crippen LogP contribution in [0, 0.1) is 25.5 Å². The van der Waals surface area contributed by atoms with Gasteiger partial charge < -0.3 is 9.73 Å². The monoisotopic (exact) mass is 279 g/mol. The van der Waals surface area contributed by atoms with Gasteiger partial charge in [0, 0.05) is 17.7 Å². The van der Waals surface area contributed by atoms with Crippen LogP contribution in [-0.2, 0) is 0 Å². The predicted molar refractivity (Wildman–Crippen MR) is 74.7 cm³/mol. The summed E-state index contributed by atoms with van der Waals surface area (Å²) in [7, 11) is 0. The molecule has 0 radical (unpaired) electrons. The van der Waals surface area contributed by atoms with Crippen molar-refractivity contribution in [3.63, 3.8) is 0 Å². The van der Waals surface area contributed by atoms with Gasteiger partial charge in [-0.2, -0.15) is 0 Å². The Kier molecular flexibility index (Phi) is 4.23. The minimum absolute atomic E-state index is 0.134. The van der Waals surface area contributed by atoms with Crippen molar-refractivity contribution in [3.05, 3.63) is 58.5 Å². The molecule has 108 valence electrons. The van der Waals surface area contributed by atoms with Gasteiger partial charge >= 0.3 is 0 Å². The highest BCUT2D eigenvalue weighted by atomic mass is 19.1. The molecule has 0 amide bonds. The number of rotatable bonds is 4. The van der Waals surface area contributed by atoms with Crippen molar-refractivity contribution in [1.29, 1.82) is 0 Å². The first-order valence-electron chi connectivity index (χ1n) is 6.65. The van der Waals surface area contributed by atoms with Crippen LogP contribution in [-0.4, -0.2) is 6.04 Å². The summed E-state index contributed by atoms with van der Waals surface area (Å²) in [5, 5.41) is 3.27. The van der Waals surface area contributed by atoms with E-state index in [-0.39, 0.29) is 6.04 Å². The lowest BCUT2D eigenvalue weighted by molar-refractivity contribution is 0.411.